The number of anilines is 1. The Morgan fingerprint density at radius 2 is 2.12 bits per heavy atom. The molecular weight excluding hydrogens is 367 g/mol. The molecule has 3 rings (SSSR count). The quantitative estimate of drug-likeness (QED) is 0.850. The third-order valence-corrected chi connectivity index (χ3v) is 4.85. The van der Waals surface area contributed by atoms with Crippen molar-refractivity contribution in [3.63, 3.8) is 0 Å². The van der Waals surface area contributed by atoms with Crippen LogP contribution >= 0.6 is 11.6 Å². The van der Waals surface area contributed by atoms with Gasteiger partial charge in [0.15, 0.2) is 0 Å². The Kier molecular flexibility index (Phi) is 5.43. The molecule has 1 N–H and O–H groups in total. The third kappa shape index (κ3) is 3.96. The van der Waals surface area contributed by atoms with Crippen LogP contribution in [0.1, 0.15) is 12.8 Å². The average Bonchev–Trinajstić information content (AvgIpc) is 2.98. The molecule has 0 aliphatic carbocycles. The predicted molar refractivity (Wildman–Crippen MR) is 90.4 cm³/mol. The zero-order chi connectivity index (χ0) is 18.8. The maximum Gasteiger partial charge on any atom is 0.306 e. The summed E-state index contributed by atoms with van der Waals surface area (Å²) in [5.41, 5.74) is 0.359. The number of morpholine rings is 1. The minimum atomic E-state index is -0.990. The maximum absolute atomic E-state index is 13.6. The van der Waals surface area contributed by atoms with Crippen molar-refractivity contribution in [2.24, 2.45) is 5.92 Å². The Balaban J connectivity index is 1.66. The summed E-state index contributed by atoms with van der Waals surface area (Å²) in [5.74, 6) is -2.65. The number of nitrogens with zero attached hydrogens (tertiary/aromatic N) is 2. The van der Waals surface area contributed by atoms with Crippen LogP contribution in [-0.4, -0.2) is 60.1 Å². The molecule has 0 radical (unpaired) electrons. The van der Waals surface area contributed by atoms with Gasteiger partial charge in [0.2, 0.25) is 11.8 Å². The number of aliphatic carboxylic acids is 1. The monoisotopic (exact) mass is 384 g/mol. The lowest BCUT2D eigenvalue weighted by Crippen LogP contribution is -2.48. The molecular formula is C17H18ClFN2O5. The lowest BCUT2D eigenvalue weighted by atomic mass is 10.1. The summed E-state index contributed by atoms with van der Waals surface area (Å²) in [6, 6.07) is 4.08. The largest absolute Gasteiger partial charge is 0.481 e. The molecule has 0 bridgehead atoms. The number of rotatable bonds is 4. The molecule has 2 heterocycles. The van der Waals surface area contributed by atoms with Gasteiger partial charge >= 0.3 is 5.97 Å². The van der Waals surface area contributed by atoms with Crippen LogP contribution in [0.2, 0.25) is 5.02 Å². The molecule has 2 saturated heterocycles. The Morgan fingerprint density at radius 1 is 1.35 bits per heavy atom. The normalized spacial score (nSPS) is 23.4. The van der Waals surface area contributed by atoms with Crippen LogP contribution in [0, 0.1) is 11.7 Å². The second-order valence-corrected chi connectivity index (χ2v) is 6.79. The molecule has 26 heavy (non-hydrogen) atoms. The third-order valence-electron chi connectivity index (χ3n) is 4.54. The highest BCUT2D eigenvalue weighted by molar-refractivity contribution is 6.30. The summed E-state index contributed by atoms with van der Waals surface area (Å²) < 4.78 is 19.0. The lowest BCUT2D eigenvalue weighted by molar-refractivity contribution is -0.149. The summed E-state index contributed by atoms with van der Waals surface area (Å²) in [6.07, 6.45) is -0.697. The van der Waals surface area contributed by atoms with Crippen LogP contribution in [0.4, 0.5) is 10.1 Å². The number of benzene rings is 1. The zero-order valence-corrected chi connectivity index (χ0v) is 14.6. The maximum atomic E-state index is 13.6. The zero-order valence-electron chi connectivity index (χ0n) is 13.9. The number of hydrogen-bond donors (Lipinski definition) is 1. The first kappa shape index (κ1) is 18.6. The summed E-state index contributed by atoms with van der Waals surface area (Å²) in [6.45, 7) is 0.955. The predicted octanol–water partition coefficient (Wildman–Crippen LogP) is 1.53. The first-order valence-electron chi connectivity index (χ1n) is 8.22. The minimum Gasteiger partial charge on any atom is -0.481 e. The van der Waals surface area contributed by atoms with Crippen molar-refractivity contribution in [1.82, 2.24) is 4.90 Å². The molecule has 2 aliphatic rings. The molecule has 140 valence electrons. The standard InChI is InChI=1S/C17H18ClFN2O5/c18-13-2-1-11(6-14(13)19)21-8-10(5-15(21)22)17(25)20-3-4-26-12(9-20)7-16(23)24/h1-2,6,10,12H,3-5,7-9H2,(H,23,24). The van der Waals surface area contributed by atoms with Crippen LogP contribution in [0.3, 0.4) is 0 Å². The van der Waals surface area contributed by atoms with Gasteiger partial charge in [-0.3, -0.25) is 14.4 Å². The lowest BCUT2D eigenvalue weighted by Gasteiger charge is -2.33. The Morgan fingerprint density at radius 3 is 2.81 bits per heavy atom. The molecule has 7 nitrogen and oxygen atoms in total. The number of ether oxygens (including phenoxy) is 1. The van der Waals surface area contributed by atoms with Gasteiger partial charge in [-0.2, -0.15) is 0 Å². The summed E-state index contributed by atoms with van der Waals surface area (Å²) in [5, 5.41) is 8.83. The first-order chi connectivity index (χ1) is 12.3. The smallest absolute Gasteiger partial charge is 0.306 e. The average molecular weight is 385 g/mol. The van der Waals surface area contributed by atoms with Gasteiger partial charge in [0, 0.05) is 31.7 Å². The Labute approximate surface area is 154 Å². The van der Waals surface area contributed by atoms with E-state index >= 15 is 0 Å². The Hall–Kier alpha value is -2.19. The van der Waals surface area contributed by atoms with Crippen molar-refractivity contribution in [2.45, 2.75) is 18.9 Å². The summed E-state index contributed by atoms with van der Waals surface area (Å²) in [7, 11) is 0. The van der Waals surface area contributed by atoms with E-state index in [2.05, 4.69) is 0 Å². The van der Waals surface area contributed by atoms with Crippen LogP contribution in [0.25, 0.3) is 0 Å². The number of carbonyl (C=O) groups excluding carboxylic acids is 2. The van der Waals surface area contributed by atoms with Gasteiger partial charge in [-0.15, -0.1) is 0 Å². The second-order valence-electron chi connectivity index (χ2n) is 6.38. The van der Waals surface area contributed by atoms with Crippen LogP contribution < -0.4 is 4.90 Å². The van der Waals surface area contributed by atoms with Crippen molar-refractivity contribution in [2.75, 3.05) is 31.1 Å². The molecule has 0 saturated carbocycles. The van der Waals surface area contributed by atoms with Gasteiger partial charge < -0.3 is 19.6 Å². The molecule has 2 unspecified atom stereocenters. The van der Waals surface area contributed by atoms with E-state index in [0.717, 1.165) is 0 Å². The highest BCUT2D eigenvalue weighted by atomic mass is 35.5. The van der Waals surface area contributed by atoms with E-state index < -0.39 is 23.8 Å². The summed E-state index contributed by atoms with van der Waals surface area (Å²) in [4.78, 5) is 38.7. The van der Waals surface area contributed by atoms with Crippen molar-refractivity contribution < 1.29 is 28.6 Å². The van der Waals surface area contributed by atoms with E-state index in [4.69, 9.17) is 21.4 Å². The van der Waals surface area contributed by atoms with Crippen molar-refractivity contribution >= 4 is 35.1 Å². The Bertz CT molecular complexity index is 744. The molecule has 2 atom stereocenters. The topological polar surface area (TPSA) is 87.2 Å². The fraction of sp³-hybridized carbons (Fsp3) is 0.471. The molecule has 0 spiro atoms. The number of carboxylic acids is 1. The van der Waals surface area contributed by atoms with Gasteiger partial charge in [-0.25, -0.2) is 4.39 Å². The number of hydrogen-bond acceptors (Lipinski definition) is 4. The highest BCUT2D eigenvalue weighted by Crippen LogP contribution is 2.29. The minimum absolute atomic E-state index is 0.0318. The number of carboxylic acid groups (broad SMARTS) is 1. The van der Waals surface area contributed by atoms with Gasteiger partial charge in [-0.05, 0) is 18.2 Å². The van der Waals surface area contributed by atoms with Crippen LogP contribution in [0.5, 0.6) is 0 Å². The fourth-order valence-corrected chi connectivity index (χ4v) is 3.39. The van der Waals surface area contributed by atoms with E-state index in [-0.39, 0.29) is 49.4 Å². The van der Waals surface area contributed by atoms with Gasteiger partial charge in [0.05, 0.1) is 30.1 Å². The van der Waals surface area contributed by atoms with E-state index in [0.29, 0.717) is 12.2 Å². The van der Waals surface area contributed by atoms with Gasteiger partial charge in [0.1, 0.15) is 5.82 Å². The van der Waals surface area contributed by atoms with E-state index in [1.54, 1.807) is 4.90 Å². The fourth-order valence-electron chi connectivity index (χ4n) is 3.27. The van der Waals surface area contributed by atoms with E-state index in [9.17, 15) is 18.8 Å². The van der Waals surface area contributed by atoms with Crippen molar-refractivity contribution in [3.8, 4) is 0 Å². The molecule has 2 aliphatic heterocycles. The second kappa shape index (κ2) is 7.59. The molecule has 9 heteroatoms. The number of carbonyl (C=O) groups is 3. The van der Waals surface area contributed by atoms with Gasteiger partial charge in [0.25, 0.3) is 0 Å². The SMILES string of the molecule is O=C(O)CC1CN(C(=O)C2CC(=O)N(c3ccc(Cl)c(F)c3)C2)CCO1. The highest BCUT2D eigenvalue weighted by Gasteiger charge is 2.38. The number of halogens is 2. The molecule has 1 aromatic carbocycles. The van der Waals surface area contributed by atoms with Crippen molar-refractivity contribution in [1.29, 1.82) is 0 Å². The van der Waals surface area contributed by atoms with E-state index in [1.807, 2.05) is 0 Å². The van der Waals surface area contributed by atoms with Crippen LogP contribution in [0.15, 0.2) is 18.2 Å². The summed E-state index contributed by atoms with van der Waals surface area (Å²) >= 11 is 5.66. The van der Waals surface area contributed by atoms with Crippen molar-refractivity contribution in [3.05, 3.63) is 29.0 Å². The number of amides is 2. The molecule has 2 fully saturated rings. The van der Waals surface area contributed by atoms with Crippen LogP contribution in [-0.2, 0) is 19.1 Å². The van der Waals surface area contributed by atoms with Gasteiger partial charge in [-0.1, -0.05) is 11.6 Å². The molecule has 0 aromatic heterocycles. The molecule has 1 aromatic rings. The first-order valence-corrected chi connectivity index (χ1v) is 8.60. The van der Waals surface area contributed by atoms with E-state index in [1.165, 1.54) is 23.1 Å². The molecule has 2 amide bonds.